The van der Waals surface area contributed by atoms with Gasteiger partial charge in [-0.2, -0.15) is 13.2 Å². The van der Waals surface area contributed by atoms with Crippen LogP contribution in [0.15, 0.2) is 27.8 Å². The largest absolute Gasteiger partial charge is 0.469 e. The Morgan fingerprint density at radius 2 is 2.07 bits per heavy atom. The van der Waals surface area contributed by atoms with Gasteiger partial charge in [-0.3, -0.25) is 4.99 Å². The molecule has 1 aromatic rings. The standard InChI is InChI=1S/C20H30F3N3O2/c21-20(22,23)15-5-3-6-16(13-15)26-19(24-10-9-17-8-4-12-27-17)25-14-18-7-1-2-11-28-18/h4,8,12,15-16,18H,1-3,5-7,9-11,13-14H2,(H2,24,25,26). The number of hydrogen-bond acceptors (Lipinski definition) is 3. The Hall–Kier alpha value is -1.70. The van der Waals surface area contributed by atoms with Gasteiger partial charge in [0.05, 0.1) is 24.8 Å². The molecule has 0 amide bonds. The first-order valence-electron chi connectivity index (χ1n) is 10.3. The summed E-state index contributed by atoms with van der Waals surface area (Å²) in [4.78, 5) is 4.61. The van der Waals surface area contributed by atoms with Gasteiger partial charge in [0, 0.05) is 25.6 Å². The van der Waals surface area contributed by atoms with Crippen LogP contribution >= 0.6 is 0 Å². The van der Waals surface area contributed by atoms with Crippen molar-refractivity contribution in [3.05, 3.63) is 24.2 Å². The van der Waals surface area contributed by atoms with E-state index in [9.17, 15) is 13.2 Å². The van der Waals surface area contributed by atoms with Gasteiger partial charge in [0.25, 0.3) is 0 Å². The van der Waals surface area contributed by atoms with Gasteiger partial charge in [-0.1, -0.05) is 6.42 Å². The first-order chi connectivity index (χ1) is 13.5. The minimum Gasteiger partial charge on any atom is -0.469 e. The predicted molar refractivity (Wildman–Crippen MR) is 101 cm³/mol. The Kier molecular flexibility index (Phi) is 7.65. The lowest BCUT2D eigenvalue weighted by atomic mass is 9.85. The zero-order valence-corrected chi connectivity index (χ0v) is 16.1. The molecule has 158 valence electrons. The van der Waals surface area contributed by atoms with E-state index in [1.165, 1.54) is 0 Å². The van der Waals surface area contributed by atoms with Crippen LogP contribution in [0.4, 0.5) is 13.2 Å². The number of ether oxygens (including phenoxy) is 1. The molecule has 2 heterocycles. The average Bonchev–Trinajstić information content (AvgIpc) is 3.20. The minimum absolute atomic E-state index is 0.0895. The molecular formula is C20H30F3N3O2. The molecule has 0 aromatic carbocycles. The third kappa shape index (κ3) is 6.72. The summed E-state index contributed by atoms with van der Waals surface area (Å²) in [6.07, 6.45) is 3.08. The molecule has 0 spiro atoms. The lowest BCUT2D eigenvalue weighted by Gasteiger charge is -2.32. The number of aliphatic imine (C=N–C) groups is 1. The maximum absolute atomic E-state index is 13.1. The van der Waals surface area contributed by atoms with Gasteiger partial charge >= 0.3 is 6.18 Å². The van der Waals surface area contributed by atoms with Crippen molar-refractivity contribution >= 4 is 5.96 Å². The van der Waals surface area contributed by atoms with Gasteiger partial charge in [0.1, 0.15) is 5.76 Å². The fraction of sp³-hybridized carbons (Fsp3) is 0.750. The maximum atomic E-state index is 13.1. The lowest BCUT2D eigenvalue weighted by molar-refractivity contribution is -0.183. The molecule has 1 aromatic heterocycles. The SMILES string of the molecule is FC(F)(F)C1CCCC(NC(=NCC2CCCCO2)NCCc2ccco2)C1. The Morgan fingerprint density at radius 1 is 1.18 bits per heavy atom. The fourth-order valence-corrected chi connectivity index (χ4v) is 3.87. The highest BCUT2D eigenvalue weighted by Crippen LogP contribution is 2.37. The summed E-state index contributed by atoms with van der Waals surface area (Å²) in [5.74, 6) is 0.190. The second kappa shape index (κ2) is 10.2. The van der Waals surface area contributed by atoms with E-state index in [0.29, 0.717) is 31.9 Å². The number of guanidine groups is 1. The van der Waals surface area contributed by atoms with E-state index in [1.54, 1.807) is 6.26 Å². The topological polar surface area (TPSA) is 58.8 Å². The van der Waals surface area contributed by atoms with Crippen molar-refractivity contribution in [3.63, 3.8) is 0 Å². The van der Waals surface area contributed by atoms with Gasteiger partial charge in [0.15, 0.2) is 5.96 Å². The first-order valence-corrected chi connectivity index (χ1v) is 10.3. The van der Waals surface area contributed by atoms with E-state index in [-0.39, 0.29) is 25.0 Å². The van der Waals surface area contributed by atoms with Gasteiger partial charge in [-0.25, -0.2) is 0 Å². The van der Waals surface area contributed by atoms with Crippen LogP contribution in [0.3, 0.4) is 0 Å². The molecule has 3 unspecified atom stereocenters. The van der Waals surface area contributed by atoms with Gasteiger partial charge < -0.3 is 19.8 Å². The van der Waals surface area contributed by atoms with Gasteiger partial charge in [-0.15, -0.1) is 0 Å². The van der Waals surface area contributed by atoms with Crippen molar-refractivity contribution in [1.82, 2.24) is 10.6 Å². The maximum Gasteiger partial charge on any atom is 0.391 e. The van der Waals surface area contributed by atoms with Crippen LogP contribution in [0.2, 0.25) is 0 Å². The van der Waals surface area contributed by atoms with Gasteiger partial charge in [-0.05, 0) is 50.7 Å². The molecular weight excluding hydrogens is 371 g/mol. The molecule has 2 N–H and O–H groups in total. The molecule has 2 fully saturated rings. The monoisotopic (exact) mass is 401 g/mol. The van der Waals surface area contributed by atoms with E-state index in [2.05, 4.69) is 15.6 Å². The number of nitrogens with zero attached hydrogens (tertiary/aromatic N) is 1. The second-order valence-corrected chi connectivity index (χ2v) is 7.68. The number of halogens is 3. The Morgan fingerprint density at radius 3 is 2.79 bits per heavy atom. The molecule has 1 saturated carbocycles. The summed E-state index contributed by atoms with van der Waals surface area (Å²) in [6.45, 7) is 1.87. The summed E-state index contributed by atoms with van der Waals surface area (Å²) >= 11 is 0. The second-order valence-electron chi connectivity index (χ2n) is 7.68. The molecule has 1 aliphatic carbocycles. The van der Waals surface area contributed by atoms with Crippen molar-refractivity contribution in [2.45, 2.75) is 69.7 Å². The van der Waals surface area contributed by atoms with Crippen LogP contribution in [0.5, 0.6) is 0 Å². The summed E-state index contributed by atoms with van der Waals surface area (Å²) in [5.41, 5.74) is 0. The zero-order valence-electron chi connectivity index (χ0n) is 16.1. The Bertz CT molecular complexity index is 598. The smallest absolute Gasteiger partial charge is 0.391 e. The molecule has 0 bridgehead atoms. The van der Waals surface area contributed by atoms with Crippen LogP contribution in [0, 0.1) is 5.92 Å². The van der Waals surface area contributed by atoms with Crippen LogP contribution in [-0.4, -0.2) is 44.0 Å². The summed E-state index contributed by atoms with van der Waals surface area (Å²) in [6, 6.07) is 3.52. The van der Waals surface area contributed by atoms with Crippen molar-refractivity contribution in [2.24, 2.45) is 10.9 Å². The van der Waals surface area contributed by atoms with E-state index < -0.39 is 12.1 Å². The molecule has 3 rings (SSSR count). The zero-order chi connectivity index (χ0) is 19.8. The number of alkyl halides is 3. The minimum atomic E-state index is -4.12. The highest BCUT2D eigenvalue weighted by Gasteiger charge is 2.42. The van der Waals surface area contributed by atoms with Crippen molar-refractivity contribution in [1.29, 1.82) is 0 Å². The number of furan rings is 1. The Balaban J connectivity index is 1.55. The molecule has 5 nitrogen and oxygen atoms in total. The first kappa shape index (κ1) is 21.0. The van der Waals surface area contributed by atoms with E-state index in [4.69, 9.17) is 9.15 Å². The molecule has 0 radical (unpaired) electrons. The predicted octanol–water partition coefficient (Wildman–Crippen LogP) is 4.05. The van der Waals surface area contributed by atoms with E-state index in [1.807, 2.05) is 12.1 Å². The Labute approximate surface area is 164 Å². The summed E-state index contributed by atoms with van der Waals surface area (Å²) in [7, 11) is 0. The molecule has 3 atom stereocenters. The average molecular weight is 401 g/mol. The summed E-state index contributed by atoms with van der Waals surface area (Å²) < 4.78 is 50.4. The molecule has 2 aliphatic rings. The number of hydrogen-bond donors (Lipinski definition) is 2. The van der Waals surface area contributed by atoms with Gasteiger partial charge in [0.2, 0.25) is 0 Å². The van der Waals surface area contributed by atoms with Crippen LogP contribution in [0.1, 0.15) is 50.7 Å². The third-order valence-electron chi connectivity index (χ3n) is 5.45. The van der Waals surface area contributed by atoms with Crippen LogP contribution in [0.25, 0.3) is 0 Å². The lowest BCUT2D eigenvalue weighted by Crippen LogP contribution is -2.47. The third-order valence-corrected chi connectivity index (χ3v) is 5.45. The molecule has 8 heteroatoms. The highest BCUT2D eigenvalue weighted by atomic mass is 19.4. The number of nitrogens with one attached hydrogen (secondary N) is 2. The quantitative estimate of drug-likeness (QED) is 0.558. The molecule has 1 saturated heterocycles. The molecule has 1 aliphatic heterocycles. The van der Waals surface area contributed by atoms with Crippen molar-refractivity contribution in [3.8, 4) is 0 Å². The fourth-order valence-electron chi connectivity index (χ4n) is 3.87. The van der Waals surface area contributed by atoms with Crippen LogP contribution in [-0.2, 0) is 11.2 Å². The van der Waals surface area contributed by atoms with Crippen molar-refractivity contribution in [2.75, 3.05) is 19.7 Å². The van der Waals surface area contributed by atoms with Crippen molar-refractivity contribution < 1.29 is 22.3 Å². The highest BCUT2D eigenvalue weighted by molar-refractivity contribution is 5.80. The van der Waals surface area contributed by atoms with E-state index in [0.717, 1.165) is 38.1 Å². The van der Waals surface area contributed by atoms with E-state index >= 15 is 0 Å². The van der Waals surface area contributed by atoms with Crippen LogP contribution < -0.4 is 10.6 Å². The number of rotatable bonds is 6. The molecule has 28 heavy (non-hydrogen) atoms. The summed E-state index contributed by atoms with van der Waals surface area (Å²) in [5, 5.41) is 6.47. The normalized spacial score (nSPS) is 26.8.